The van der Waals surface area contributed by atoms with Crippen LogP contribution in [0.25, 0.3) is 0 Å². The molecule has 0 fully saturated rings. The van der Waals surface area contributed by atoms with Crippen LogP contribution in [0.15, 0.2) is 43.3 Å². The number of furan rings is 2. The van der Waals surface area contributed by atoms with Crippen LogP contribution in [-0.2, 0) is 9.59 Å². The van der Waals surface area contributed by atoms with E-state index < -0.39 is 0 Å². The molecule has 8 nitrogen and oxygen atoms in total. The van der Waals surface area contributed by atoms with E-state index in [0.29, 0.717) is 48.6 Å². The van der Waals surface area contributed by atoms with Gasteiger partial charge in [0.25, 0.3) is 0 Å². The lowest BCUT2D eigenvalue weighted by atomic mass is 10.1. The number of hydrazone groups is 2. The van der Waals surface area contributed by atoms with Crippen LogP contribution in [0.4, 0.5) is 0 Å². The topological polar surface area (TPSA) is 109 Å². The van der Waals surface area contributed by atoms with Gasteiger partial charge in [0.2, 0.25) is 11.8 Å². The average molecular weight is 400 g/mol. The Morgan fingerprint density at radius 2 is 1.17 bits per heavy atom. The second-order valence-electron chi connectivity index (χ2n) is 6.85. The number of amides is 2. The molecule has 2 N–H and O–H groups in total. The highest BCUT2D eigenvalue weighted by Crippen LogP contribution is 2.08. The summed E-state index contributed by atoms with van der Waals surface area (Å²) in [6.07, 6.45) is 2.83. The number of carbonyl (C=O) groups excluding carboxylic acids is 2. The van der Waals surface area contributed by atoms with Crippen molar-refractivity contribution in [3.8, 4) is 0 Å². The van der Waals surface area contributed by atoms with Crippen LogP contribution in [0.5, 0.6) is 0 Å². The number of carbonyl (C=O) groups is 2. The average Bonchev–Trinajstić information content (AvgIpc) is 3.32. The number of hydrogen-bond donors (Lipinski definition) is 2. The predicted octanol–water partition coefficient (Wildman–Crippen LogP) is 3.82. The molecule has 0 unspecified atom stereocenters. The van der Waals surface area contributed by atoms with Crippen LogP contribution >= 0.6 is 0 Å². The van der Waals surface area contributed by atoms with Crippen molar-refractivity contribution < 1.29 is 18.4 Å². The van der Waals surface area contributed by atoms with Crippen LogP contribution in [0.3, 0.4) is 0 Å². The van der Waals surface area contributed by atoms with Gasteiger partial charge in [-0.25, -0.2) is 10.9 Å². The normalized spacial score (nSPS) is 12.1. The number of nitrogens with one attached hydrogen (secondary N) is 2. The van der Waals surface area contributed by atoms with Gasteiger partial charge in [0.1, 0.15) is 34.5 Å². The summed E-state index contributed by atoms with van der Waals surface area (Å²) in [4.78, 5) is 23.7. The lowest BCUT2D eigenvalue weighted by Gasteiger charge is -2.03. The van der Waals surface area contributed by atoms with Crippen molar-refractivity contribution in [2.45, 2.75) is 59.8 Å². The fourth-order valence-corrected chi connectivity index (χ4v) is 2.52. The second kappa shape index (κ2) is 11.0. The smallest absolute Gasteiger partial charge is 0.240 e. The van der Waals surface area contributed by atoms with Gasteiger partial charge >= 0.3 is 0 Å². The van der Waals surface area contributed by atoms with Crippen molar-refractivity contribution in [2.24, 2.45) is 10.2 Å². The monoisotopic (exact) mass is 400 g/mol. The fourth-order valence-electron chi connectivity index (χ4n) is 2.52. The first kappa shape index (κ1) is 22.1. The van der Waals surface area contributed by atoms with Gasteiger partial charge in [0, 0.05) is 12.8 Å². The van der Waals surface area contributed by atoms with Crippen molar-refractivity contribution in [3.63, 3.8) is 0 Å². The summed E-state index contributed by atoms with van der Waals surface area (Å²) >= 11 is 0. The first-order valence-electron chi connectivity index (χ1n) is 9.65. The Balaban J connectivity index is 1.59. The molecule has 2 heterocycles. The highest BCUT2D eigenvalue weighted by atomic mass is 16.3. The standard InChI is InChI=1S/C21H28N4O4/c1-14-10-12-18(28-14)16(3)22-24-20(26)8-6-5-7-9-21(27)25-23-17(4)19-13-11-15(2)29-19/h10-13H,5-9H2,1-4H3,(H,24,26)(H,25,27)/b22-16+,23-17+. The number of rotatable bonds is 10. The largest absolute Gasteiger partial charge is 0.460 e. The third kappa shape index (κ3) is 7.77. The molecule has 0 aliphatic heterocycles. The molecular formula is C21H28N4O4. The number of aryl methyl sites for hydroxylation is 2. The van der Waals surface area contributed by atoms with E-state index in [9.17, 15) is 9.59 Å². The third-order valence-corrected chi connectivity index (χ3v) is 4.20. The Hall–Kier alpha value is -3.16. The molecular weight excluding hydrogens is 372 g/mol. The van der Waals surface area contributed by atoms with Crippen molar-refractivity contribution in [1.29, 1.82) is 0 Å². The van der Waals surface area contributed by atoms with Crippen LogP contribution in [0.2, 0.25) is 0 Å². The summed E-state index contributed by atoms with van der Waals surface area (Å²) in [6.45, 7) is 7.25. The Labute approximate surface area is 170 Å². The van der Waals surface area contributed by atoms with Gasteiger partial charge in [0.05, 0.1) is 0 Å². The van der Waals surface area contributed by atoms with E-state index in [1.807, 2.05) is 38.1 Å². The van der Waals surface area contributed by atoms with Gasteiger partial charge in [-0.3, -0.25) is 9.59 Å². The zero-order valence-electron chi connectivity index (χ0n) is 17.4. The highest BCUT2D eigenvalue weighted by Gasteiger charge is 2.06. The van der Waals surface area contributed by atoms with Gasteiger partial charge in [-0.15, -0.1) is 0 Å². The van der Waals surface area contributed by atoms with Crippen LogP contribution in [-0.4, -0.2) is 23.2 Å². The summed E-state index contributed by atoms with van der Waals surface area (Å²) in [5, 5.41) is 8.08. The molecule has 0 saturated carbocycles. The number of hydrogen-bond acceptors (Lipinski definition) is 6. The predicted molar refractivity (Wildman–Crippen MR) is 111 cm³/mol. The van der Waals surface area contributed by atoms with Crippen molar-refractivity contribution >= 4 is 23.2 Å². The lowest BCUT2D eigenvalue weighted by Crippen LogP contribution is -2.19. The Morgan fingerprint density at radius 1 is 0.759 bits per heavy atom. The molecule has 29 heavy (non-hydrogen) atoms. The molecule has 2 aromatic heterocycles. The molecule has 2 aromatic rings. The molecule has 0 aliphatic rings. The highest BCUT2D eigenvalue weighted by molar-refractivity contribution is 5.97. The molecule has 156 valence electrons. The van der Waals surface area contributed by atoms with E-state index in [1.54, 1.807) is 13.8 Å². The minimum absolute atomic E-state index is 0.161. The summed E-state index contributed by atoms with van der Waals surface area (Å²) < 4.78 is 10.9. The maximum absolute atomic E-state index is 11.8. The van der Waals surface area contributed by atoms with E-state index >= 15 is 0 Å². The van der Waals surface area contributed by atoms with E-state index in [0.717, 1.165) is 17.9 Å². The quantitative estimate of drug-likeness (QED) is 0.359. The minimum Gasteiger partial charge on any atom is -0.460 e. The SMILES string of the molecule is C/C(=N\NC(=O)CCCCCC(=O)N/N=C(\C)c1ccc(C)o1)c1ccc(C)o1. The number of nitrogens with zero attached hydrogens (tertiary/aromatic N) is 2. The van der Waals surface area contributed by atoms with Gasteiger partial charge in [0.15, 0.2) is 0 Å². The van der Waals surface area contributed by atoms with E-state index in [-0.39, 0.29) is 11.8 Å². The molecule has 0 saturated heterocycles. The van der Waals surface area contributed by atoms with Gasteiger partial charge in [-0.05, 0) is 64.8 Å². The lowest BCUT2D eigenvalue weighted by molar-refractivity contribution is -0.121. The van der Waals surface area contributed by atoms with Gasteiger partial charge < -0.3 is 8.83 Å². The molecule has 8 heteroatoms. The fraction of sp³-hybridized carbons (Fsp3) is 0.429. The van der Waals surface area contributed by atoms with Gasteiger partial charge in [-0.2, -0.15) is 10.2 Å². The van der Waals surface area contributed by atoms with E-state index in [4.69, 9.17) is 8.83 Å². The third-order valence-electron chi connectivity index (χ3n) is 4.20. The first-order chi connectivity index (χ1) is 13.8. The Kier molecular flexibility index (Phi) is 8.39. The molecule has 0 atom stereocenters. The maximum atomic E-state index is 11.8. The van der Waals surface area contributed by atoms with Crippen LogP contribution in [0, 0.1) is 13.8 Å². The second-order valence-corrected chi connectivity index (χ2v) is 6.85. The zero-order valence-corrected chi connectivity index (χ0v) is 17.4. The summed E-state index contributed by atoms with van der Waals surface area (Å²) in [7, 11) is 0. The van der Waals surface area contributed by atoms with Gasteiger partial charge in [-0.1, -0.05) is 6.42 Å². The summed E-state index contributed by atoms with van der Waals surface area (Å²) in [5.74, 6) is 2.53. The molecule has 0 aromatic carbocycles. The molecule has 0 bridgehead atoms. The molecule has 2 amide bonds. The van der Waals surface area contributed by atoms with Crippen molar-refractivity contribution in [1.82, 2.24) is 10.9 Å². The Morgan fingerprint density at radius 3 is 1.52 bits per heavy atom. The number of unbranched alkanes of at least 4 members (excludes halogenated alkanes) is 2. The molecule has 0 aliphatic carbocycles. The van der Waals surface area contributed by atoms with Crippen LogP contribution in [0.1, 0.15) is 69.0 Å². The van der Waals surface area contributed by atoms with E-state index in [2.05, 4.69) is 21.1 Å². The summed E-state index contributed by atoms with van der Waals surface area (Å²) in [6, 6.07) is 7.31. The first-order valence-corrected chi connectivity index (χ1v) is 9.65. The zero-order chi connectivity index (χ0) is 21.2. The maximum Gasteiger partial charge on any atom is 0.240 e. The molecule has 0 radical (unpaired) electrons. The van der Waals surface area contributed by atoms with Crippen molar-refractivity contribution in [2.75, 3.05) is 0 Å². The molecule has 2 rings (SSSR count). The van der Waals surface area contributed by atoms with Crippen LogP contribution < -0.4 is 10.9 Å². The minimum atomic E-state index is -0.161. The van der Waals surface area contributed by atoms with Crippen molar-refractivity contribution in [3.05, 3.63) is 47.3 Å². The molecule has 0 spiro atoms. The summed E-state index contributed by atoms with van der Waals surface area (Å²) in [5.41, 5.74) is 6.27. The Bertz CT molecular complexity index is 820. The van der Waals surface area contributed by atoms with E-state index in [1.165, 1.54) is 0 Å².